The van der Waals surface area contributed by atoms with Crippen molar-refractivity contribution in [1.82, 2.24) is 9.97 Å². The number of carbonyl (C=O) groups is 2. The van der Waals surface area contributed by atoms with Crippen molar-refractivity contribution in [2.24, 2.45) is 0 Å². The zero-order valence-corrected chi connectivity index (χ0v) is 23.1. The minimum absolute atomic E-state index is 0.281. The number of carbonyl (C=O) groups excluding carboxylic acids is 2. The first-order chi connectivity index (χ1) is 18.3. The predicted octanol–water partition coefficient (Wildman–Crippen LogP) is 7.67. The number of hydrogen-bond acceptors (Lipinski definition) is 6. The Kier molecular flexibility index (Phi) is 7.18. The van der Waals surface area contributed by atoms with Crippen LogP contribution in [0, 0.1) is 27.7 Å². The summed E-state index contributed by atoms with van der Waals surface area (Å²) in [6.45, 7) is 8.22. The molecule has 6 nitrogen and oxygen atoms in total. The van der Waals surface area contributed by atoms with Crippen molar-refractivity contribution in [2.75, 3.05) is 10.6 Å². The topological polar surface area (TPSA) is 84.0 Å². The number of amides is 2. The van der Waals surface area contributed by atoms with E-state index in [2.05, 4.69) is 72.6 Å². The molecule has 0 fully saturated rings. The minimum atomic E-state index is -0.281. The van der Waals surface area contributed by atoms with Crippen molar-refractivity contribution in [1.29, 1.82) is 0 Å². The third-order valence-corrected chi connectivity index (χ3v) is 7.69. The monoisotopic (exact) mass is 538 g/mol. The Bertz CT molecular complexity index is 1530. The molecular formula is C30H26N4O2S2. The normalized spacial score (nSPS) is 10.8. The molecule has 0 bridgehead atoms. The summed E-state index contributed by atoms with van der Waals surface area (Å²) in [5.74, 6) is -0.562. The lowest BCUT2D eigenvalue weighted by molar-refractivity contribution is 0.101. The summed E-state index contributed by atoms with van der Waals surface area (Å²) in [6, 6.07) is 18.9. The number of aromatic nitrogens is 2. The van der Waals surface area contributed by atoms with E-state index in [1.807, 2.05) is 22.9 Å². The molecule has 0 atom stereocenters. The van der Waals surface area contributed by atoms with Gasteiger partial charge in [0.05, 0.1) is 11.4 Å². The van der Waals surface area contributed by atoms with E-state index < -0.39 is 0 Å². The maximum atomic E-state index is 12.8. The SMILES string of the molecule is Cc1ccc(-c2csc(NC(=O)c3ccc(C(=O)Nc4nc(-c5ccc(C)cc5C)cs4)cc3)n2)c(C)c1. The number of anilines is 2. The number of benzene rings is 3. The van der Waals surface area contributed by atoms with Gasteiger partial charge in [0, 0.05) is 33.0 Å². The fraction of sp³-hybridized carbons (Fsp3) is 0.133. The molecule has 2 heterocycles. The lowest BCUT2D eigenvalue weighted by Crippen LogP contribution is -2.14. The lowest BCUT2D eigenvalue weighted by Gasteiger charge is -2.05. The molecule has 0 saturated heterocycles. The van der Waals surface area contributed by atoms with Crippen molar-refractivity contribution in [3.05, 3.63) is 105 Å². The Morgan fingerprint density at radius 1 is 0.605 bits per heavy atom. The molecule has 0 aliphatic carbocycles. The summed E-state index contributed by atoms with van der Waals surface area (Å²) in [5, 5.41) is 10.6. The largest absolute Gasteiger partial charge is 0.298 e. The van der Waals surface area contributed by atoms with Crippen LogP contribution in [0.2, 0.25) is 0 Å². The number of aryl methyl sites for hydroxylation is 4. The van der Waals surface area contributed by atoms with E-state index in [0.29, 0.717) is 21.4 Å². The van der Waals surface area contributed by atoms with Crippen LogP contribution in [0.1, 0.15) is 43.0 Å². The molecule has 2 amide bonds. The number of thiazole rings is 2. The zero-order valence-electron chi connectivity index (χ0n) is 21.5. The van der Waals surface area contributed by atoms with Crippen molar-refractivity contribution < 1.29 is 9.59 Å². The van der Waals surface area contributed by atoms with Gasteiger partial charge in [-0.25, -0.2) is 9.97 Å². The number of nitrogens with zero attached hydrogens (tertiary/aromatic N) is 2. The molecule has 0 aliphatic heterocycles. The second-order valence-corrected chi connectivity index (χ2v) is 10.9. The van der Waals surface area contributed by atoms with Gasteiger partial charge < -0.3 is 0 Å². The van der Waals surface area contributed by atoms with Gasteiger partial charge in [0.2, 0.25) is 0 Å². The summed E-state index contributed by atoms with van der Waals surface area (Å²) in [6.07, 6.45) is 0. The quantitative estimate of drug-likeness (QED) is 0.232. The minimum Gasteiger partial charge on any atom is -0.298 e. The maximum Gasteiger partial charge on any atom is 0.257 e. The van der Waals surface area contributed by atoms with Crippen LogP contribution in [0.5, 0.6) is 0 Å². The second-order valence-electron chi connectivity index (χ2n) is 9.20. The molecule has 0 unspecified atom stereocenters. The summed E-state index contributed by atoms with van der Waals surface area (Å²) in [4.78, 5) is 34.7. The number of nitrogens with one attached hydrogen (secondary N) is 2. The van der Waals surface area contributed by atoms with E-state index >= 15 is 0 Å². The lowest BCUT2D eigenvalue weighted by atomic mass is 10.0. The van der Waals surface area contributed by atoms with Crippen molar-refractivity contribution in [3.8, 4) is 22.5 Å². The van der Waals surface area contributed by atoms with E-state index in [1.54, 1.807) is 24.3 Å². The zero-order chi connectivity index (χ0) is 26.8. The van der Waals surface area contributed by atoms with E-state index in [9.17, 15) is 9.59 Å². The van der Waals surface area contributed by atoms with Crippen LogP contribution in [0.3, 0.4) is 0 Å². The molecule has 190 valence electrons. The van der Waals surface area contributed by atoms with Gasteiger partial charge in [0.15, 0.2) is 10.3 Å². The number of hydrogen-bond donors (Lipinski definition) is 2. The summed E-state index contributed by atoms with van der Waals surface area (Å²) >= 11 is 2.76. The Morgan fingerprint density at radius 3 is 1.37 bits per heavy atom. The van der Waals surface area contributed by atoms with E-state index in [-0.39, 0.29) is 11.8 Å². The second kappa shape index (κ2) is 10.7. The van der Waals surface area contributed by atoms with Gasteiger partial charge in [-0.1, -0.05) is 47.5 Å². The Morgan fingerprint density at radius 2 is 1.00 bits per heavy atom. The molecule has 0 radical (unpaired) electrons. The third kappa shape index (κ3) is 5.56. The molecule has 2 aromatic heterocycles. The fourth-order valence-corrected chi connectivity index (χ4v) is 5.63. The molecule has 5 aromatic rings. The van der Waals surface area contributed by atoms with E-state index in [0.717, 1.165) is 33.6 Å². The highest BCUT2D eigenvalue weighted by Gasteiger charge is 2.14. The van der Waals surface area contributed by atoms with E-state index in [4.69, 9.17) is 0 Å². The van der Waals surface area contributed by atoms with Gasteiger partial charge >= 0.3 is 0 Å². The first kappa shape index (κ1) is 25.5. The molecule has 0 spiro atoms. The van der Waals surface area contributed by atoms with Crippen LogP contribution in [-0.4, -0.2) is 21.8 Å². The van der Waals surface area contributed by atoms with Crippen LogP contribution < -0.4 is 10.6 Å². The summed E-state index contributed by atoms with van der Waals surface area (Å²) in [5.41, 5.74) is 9.31. The summed E-state index contributed by atoms with van der Waals surface area (Å²) in [7, 11) is 0. The maximum absolute atomic E-state index is 12.8. The van der Waals surface area contributed by atoms with E-state index in [1.165, 1.54) is 33.8 Å². The molecule has 0 saturated carbocycles. The van der Waals surface area contributed by atoms with Crippen LogP contribution in [0.25, 0.3) is 22.5 Å². The summed E-state index contributed by atoms with van der Waals surface area (Å²) < 4.78 is 0. The Balaban J connectivity index is 1.22. The van der Waals surface area contributed by atoms with Gasteiger partial charge in [-0.2, -0.15) is 0 Å². The highest BCUT2D eigenvalue weighted by Crippen LogP contribution is 2.29. The standard InChI is InChI=1S/C30H26N4O2S2/c1-17-5-11-23(19(3)13-17)25-15-37-29(31-25)33-27(35)21-7-9-22(10-8-21)28(36)34-30-32-26(16-38-30)24-12-6-18(2)14-20(24)4/h5-16H,1-4H3,(H,31,33,35)(H,32,34,36). The van der Waals surface area contributed by atoms with Gasteiger partial charge in [-0.15, -0.1) is 22.7 Å². The van der Waals surface area contributed by atoms with Crippen molar-refractivity contribution in [2.45, 2.75) is 27.7 Å². The molecule has 3 aromatic carbocycles. The Hall–Kier alpha value is -4.14. The smallest absolute Gasteiger partial charge is 0.257 e. The molecule has 0 aliphatic rings. The molecular weight excluding hydrogens is 512 g/mol. The average Bonchev–Trinajstić information content (AvgIpc) is 3.54. The highest BCUT2D eigenvalue weighted by molar-refractivity contribution is 7.14. The third-order valence-electron chi connectivity index (χ3n) is 6.17. The van der Waals surface area contributed by atoms with Crippen molar-refractivity contribution >= 4 is 44.8 Å². The van der Waals surface area contributed by atoms with Gasteiger partial charge in [0.1, 0.15) is 0 Å². The van der Waals surface area contributed by atoms with Crippen molar-refractivity contribution in [3.63, 3.8) is 0 Å². The predicted molar refractivity (Wildman–Crippen MR) is 156 cm³/mol. The molecule has 5 rings (SSSR count). The van der Waals surface area contributed by atoms with Gasteiger partial charge in [-0.05, 0) is 63.1 Å². The Labute approximate surface area is 229 Å². The number of rotatable bonds is 6. The highest BCUT2D eigenvalue weighted by atomic mass is 32.1. The first-order valence-corrected chi connectivity index (χ1v) is 13.8. The first-order valence-electron chi connectivity index (χ1n) is 12.1. The van der Waals surface area contributed by atoms with Gasteiger partial charge in [0.25, 0.3) is 11.8 Å². The fourth-order valence-electron chi connectivity index (χ4n) is 4.22. The molecule has 2 N–H and O–H groups in total. The van der Waals surface area contributed by atoms with Crippen LogP contribution in [0.4, 0.5) is 10.3 Å². The molecule has 38 heavy (non-hydrogen) atoms. The van der Waals surface area contributed by atoms with Crippen LogP contribution in [0.15, 0.2) is 71.4 Å². The average molecular weight is 539 g/mol. The molecule has 8 heteroatoms. The van der Waals surface area contributed by atoms with Crippen LogP contribution in [-0.2, 0) is 0 Å². The van der Waals surface area contributed by atoms with Gasteiger partial charge in [-0.3, -0.25) is 20.2 Å². The van der Waals surface area contributed by atoms with Crippen LogP contribution >= 0.6 is 22.7 Å².